The molecule has 0 radical (unpaired) electrons. The molecule has 0 bridgehead atoms. The van der Waals surface area contributed by atoms with Gasteiger partial charge in [0.05, 0.1) is 5.38 Å². The molecule has 1 unspecified atom stereocenters. The lowest BCUT2D eigenvalue weighted by Crippen LogP contribution is -2.24. The predicted molar refractivity (Wildman–Crippen MR) is 53.9 cm³/mol. The maximum Gasteiger partial charge on any atom is 0.254 e. The van der Waals surface area contributed by atoms with Crippen molar-refractivity contribution in [1.29, 1.82) is 0 Å². The molecule has 0 aliphatic rings. The Labute approximate surface area is 90.2 Å². The van der Waals surface area contributed by atoms with Crippen LogP contribution in [0.2, 0.25) is 0 Å². The van der Waals surface area contributed by atoms with Gasteiger partial charge < -0.3 is 0 Å². The summed E-state index contributed by atoms with van der Waals surface area (Å²) in [6.45, 7) is 1.48. The van der Waals surface area contributed by atoms with Crippen LogP contribution in [0.15, 0.2) is 0 Å². The highest BCUT2D eigenvalue weighted by Gasteiger charge is 2.33. The summed E-state index contributed by atoms with van der Waals surface area (Å²) in [5, 5.41) is -0.716. The first kappa shape index (κ1) is 12.7. The highest BCUT2D eigenvalue weighted by molar-refractivity contribution is 8.08. The zero-order valence-electron chi connectivity index (χ0n) is 5.53. The molecule has 0 rings (SSSR count). The van der Waals surface area contributed by atoms with Crippen molar-refractivity contribution >= 4 is 63.1 Å². The van der Waals surface area contributed by atoms with Crippen LogP contribution >= 0.6 is 63.1 Å². The van der Waals surface area contributed by atoms with Gasteiger partial charge in [-0.05, 0) is 29.4 Å². The molecule has 0 aliphatic heterocycles. The van der Waals surface area contributed by atoms with E-state index in [-0.39, 0.29) is 6.16 Å². The van der Waals surface area contributed by atoms with E-state index >= 15 is 0 Å². The Balaban J connectivity index is 4.10. The zero-order valence-corrected chi connectivity index (χ0v) is 10.2. The van der Waals surface area contributed by atoms with Crippen molar-refractivity contribution in [2.24, 2.45) is 0 Å². The second-order valence-corrected chi connectivity index (χ2v) is 9.77. The second-order valence-electron chi connectivity index (χ2n) is 2.18. The molecule has 0 saturated carbocycles. The average Bonchev–Trinajstić information content (AvgIpc) is 1.56. The fraction of sp³-hybridized carbons (Fsp3) is 1.00. The molecule has 0 aromatic heterocycles. The van der Waals surface area contributed by atoms with Gasteiger partial charge in [-0.3, -0.25) is 4.57 Å². The Morgan fingerprint density at radius 3 is 1.91 bits per heavy atom. The Morgan fingerprint density at radius 2 is 1.82 bits per heavy atom. The molecule has 0 amide bonds. The van der Waals surface area contributed by atoms with Crippen LogP contribution in [0.4, 0.5) is 0 Å². The molecule has 7 heteroatoms. The summed E-state index contributed by atoms with van der Waals surface area (Å²) >= 11 is 27.3. The second kappa shape index (κ2) is 4.26. The van der Waals surface area contributed by atoms with Crippen LogP contribution < -0.4 is 0 Å². The minimum absolute atomic E-state index is 0.0961. The van der Waals surface area contributed by atoms with Gasteiger partial charge in [0.2, 0.25) is 0 Å². The number of hydrogen-bond acceptors (Lipinski definition) is 1. The SMILES string of the molecule is CC(Cl)(Cl)C(Cl)CP(=O)(Cl)Cl. The van der Waals surface area contributed by atoms with Gasteiger partial charge in [0.25, 0.3) is 5.85 Å². The van der Waals surface area contributed by atoms with E-state index in [1.54, 1.807) is 0 Å². The summed E-state index contributed by atoms with van der Waals surface area (Å²) < 4.78 is 9.64. The van der Waals surface area contributed by atoms with Gasteiger partial charge >= 0.3 is 0 Å². The zero-order chi connectivity index (χ0) is 9.28. The van der Waals surface area contributed by atoms with Gasteiger partial charge in [-0.25, -0.2) is 0 Å². The van der Waals surface area contributed by atoms with E-state index in [9.17, 15) is 4.57 Å². The normalized spacial score (nSPS) is 16.5. The first-order chi connectivity index (χ1) is 4.63. The Kier molecular flexibility index (Phi) is 4.91. The molecular weight excluding hydrogens is 272 g/mol. The quantitative estimate of drug-likeness (QED) is 0.550. The monoisotopic (exact) mass is 276 g/mol. The maximum atomic E-state index is 10.8. The largest absolute Gasteiger partial charge is 0.289 e. The minimum atomic E-state index is -3.17. The molecule has 0 N–H and O–H groups in total. The molecule has 68 valence electrons. The van der Waals surface area contributed by atoms with E-state index in [0.29, 0.717) is 0 Å². The van der Waals surface area contributed by atoms with Crippen molar-refractivity contribution in [2.45, 2.75) is 16.6 Å². The average molecular weight is 278 g/mol. The number of hydrogen-bond donors (Lipinski definition) is 0. The highest BCUT2D eigenvalue weighted by Crippen LogP contribution is 2.58. The molecule has 1 atom stereocenters. The van der Waals surface area contributed by atoms with E-state index in [1.807, 2.05) is 0 Å². The molecule has 11 heavy (non-hydrogen) atoms. The summed E-state index contributed by atoms with van der Waals surface area (Å²) in [5.74, 6) is -3.17. The summed E-state index contributed by atoms with van der Waals surface area (Å²) in [6.07, 6.45) is -0.0961. The van der Waals surface area contributed by atoms with Crippen LogP contribution in [-0.2, 0) is 4.57 Å². The van der Waals surface area contributed by atoms with Gasteiger partial charge in [0.1, 0.15) is 4.33 Å². The predicted octanol–water partition coefficient (Wildman–Crippen LogP) is 4.46. The Hall–Kier alpha value is 1.68. The summed E-state index contributed by atoms with van der Waals surface area (Å²) in [7, 11) is 0. The lowest BCUT2D eigenvalue weighted by molar-refractivity contribution is 0.590. The van der Waals surface area contributed by atoms with Crippen molar-refractivity contribution < 1.29 is 4.57 Å². The molecule has 0 spiro atoms. The fourth-order valence-corrected chi connectivity index (χ4v) is 3.29. The van der Waals surface area contributed by atoms with Crippen LogP contribution in [0, 0.1) is 0 Å². The molecular formula is C4H6Cl5OP. The first-order valence-corrected chi connectivity index (χ1v) is 7.52. The van der Waals surface area contributed by atoms with Gasteiger partial charge in [0.15, 0.2) is 0 Å². The first-order valence-electron chi connectivity index (χ1n) is 2.63. The lowest BCUT2D eigenvalue weighted by Gasteiger charge is -2.19. The van der Waals surface area contributed by atoms with Gasteiger partial charge in [0, 0.05) is 6.16 Å². The van der Waals surface area contributed by atoms with Crippen molar-refractivity contribution in [3.8, 4) is 0 Å². The van der Waals surface area contributed by atoms with Crippen LogP contribution in [0.5, 0.6) is 0 Å². The molecule has 0 aromatic rings. The minimum Gasteiger partial charge on any atom is -0.289 e. The standard InChI is InChI=1S/C4H6Cl5OP/c1-4(6,7)3(5)2-11(8,9)10/h3H,2H2,1H3. The molecule has 0 aliphatic carbocycles. The van der Waals surface area contributed by atoms with E-state index in [1.165, 1.54) is 6.92 Å². The molecule has 1 nitrogen and oxygen atoms in total. The smallest absolute Gasteiger partial charge is 0.254 e. The third-order valence-corrected chi connectivity index (χ3v) is 4.10. The summed E-state index contributed by atoms with van der Waals surface area (Å²) in [6, 6.07) is 0. The third kappa shape index (κ3) is 6.81. The van der Waals surface area contributed by atoms with Crippen molar-refractivity contribution in [3.05, 3.63) is 0 Å². The highest BCUT2D eigenvalue weighted by atomic mass is 35.9. The topological polar surface area (TPSA) is 17.1 Å². The molecule has 0 fully saturated rings. The Morgan fingerprint density at radius 1 is 1.45 bits per heavy atom. The third-order valence-electron chi connectivity index (χ3n) is 0.923. The van der Waals surface area contributed by atoms with E-state index in [0.717, 1.165) is 0 Å². The van der Waals surface area contributed by atoms with Crippen molar-refractivity contribution in [3.63, 3.8) is 0 Å². The number of halogens is 5. The van der Waals surface area contributed by atoms with Crippen LogP contribution in [0.25, 0.3) is 0 Å². The lowest BCUT2D eigenvalue weighted by atomic mass is 10.3. The fourth-order valence-electron chi connectivity index (χ4n) is 0.347. The van der Waals surface area contributed by atoms with Crippen LogP contribution in [0.1, 0.15) is 6.92 Å². The van der Waals surface area contributed by atoms with Gasteiger partial charge in [-0.1, -0.05) is 0 Å². The molecule has 0 saturated heterocycles. The number of rotatable bonds is 3. The molecule has 0 heterocycles. The number of alkyl halides is 3. The van der Waals surface area contributed by atoms with E-state index in [2.05, 4.69) is 0 Å². The van der Waals surface area contributed by atoms with Crippen molar-refractivity contribution in [2.75, 3.05) is 6.16 Å². The maximum absolute atomic E-state index is 10.8. The van der Waals surface area contributed by atoms with Crippen LogP contribution in [-0.4, -0.2) is 15.9 Å². The molecule has 0 aromatic carbocycles. The summed E-state index contributed by atoms with van der Waals surface area (Å²) in [5.41, 5.74) is 0. The van der Waals surface area contributed by atoms with E-state index in [4.69, 9.17) is 57.3 Å². The van der Waals surface area contributed by atoms with E-state index < -0.39 is 15.6 Å². The summed E-state index contributed by atoms with van der Waals surface area (Å²) in [4.78, 5) is 0. The van der Waals surface area contributed by atoms with Crippen molar-refractivity contribution in [1.82, 2.24) is 0 Å². The van der Waals surface area contributed by atoms with Gasteiger partial charge in [-0.2, -0.15) is 0 Å². The van der Waals surface area contributed by atoms with Gasteiger partial charge in [-0.15, -0.1) is 34.8 Å². The van der Waals surface area contributed by atoms with Crippen LogP contribution in [0.3, 0.4) is 0 Å². The Bertz CT molecular complexity index is 170.